The van der Waals surface area contributed by atoms with Crippen molar-refractivity contribution in [2.45, 2.75) is 39.2 Å². The number of carbonyl (C=O) groups excluding carboxylic acids is 1. The highest BCUT2D eigenvalue weighted by atomic mass is 19.1. The van der Waals surface area contributed by atoms with E-state index in [1.54, 1.807) is 0 Å². The van der Waals surface area contributed by atoms with Crippen molar-refractivity contribution in [2.75, 3.05) is 24.1 Å². The Morgan fingerprint density at radius 1 is 1.57 bits per heavy atom. The summed E-state index contributed by atoms with van der Waals surface area (Å²) in [6.45, 7) is 6.05. The number of hydrogen-bond donors (Lipinski definition) is 2. The largest absolute Gasteiger partial charge is 0.396 e. The smallest absolute Gasteiger partial charge is 0.241 e. The van der Waals surface area contributed by atoms with Crippen LogP contribution in [0.2, 0.25) is 0 Å². The summed E-state index contributed by atoms with van der Waals surface area (Å²) in [5.74, 6) is 0.160. The number of nitrogens with two attached hydrogens (primary N) is 1. The molecule has 1 aromatic carbocycles. The average molecular weight is 293 g/mol. The van der Waals surface area contributed by atoms with Gasteiger partial charge in [0, 0.05) is 12.2 Å². The zero-order chi connectivity index (χ0) is 15.4. The molecule has 3 N–H and O–H groups in total. The molecule has 0 aromatic heterocycles. The van der Waals surface area contributed by atoms with Crippen LogP contribution >= 0.6 is 0 Å². The van der Waals surface area contributed by atoms with Gasteiger partial charge in [-0.25, -0.2) is 4.39 Å². The zero-order valence-corrected chi connectivity index (χ0v) is 12.7. The molecule has 0 aliphatic carbocycles. The second-order valence-electron chi connectivity index (χ2n) is 5.84. The summed E-state index contributed by atoms with van der Waals surface area (Å²) in [4.78, 5) is 14.5. The molecule has 2 unspecified atom stereocenters. The molecule has 4 nitrogen and oxygen atoms in total. The Labute approximate surface area is 125 Å². The molecule has 21 heavy (non-hydrogen) atoms. The number of nitrogens with zero attached hydrogens (tertiary/aromatic N) is 1. The Bertz CT molecular complexity index is 506. The van der Waals surface area contributed by atoms with Crippen LogP contribution in [0.4, 0.5) is 15.8 Å². The van der Waals surface area contributed by atoms with E-state index in [0.717, 1.165) is 19.5 Å². The van der Waals surface area contributed by atoms with Gasteiger partial charge in [-0.2, -0.15) is 0 Å². The number of benzene rings is 1. The van der Waals surface area contributed by atoms with Crippen LogP contribution in [0, 0.1) is 11.7 Å². The van der Waals surface area contributed by atoms with Gasteiger partial charge >= 0.3 is 0 Å². The van der Waals surface area contributed by atoms with Crippen LogP contribution in [0.25, 0.3) is 0 Å². The fourth-order valence-electron chi connectivity index (χ4n) is 2.89. The minimum atomic E-state index is -0.469. The Morgan fingerprint density at radius 3 is 3.00 bits per heavy atom. The molecule has 1 heterocycles. The molecule has 0 bridgehead atoms. The SMILES string of the molecule is CCCC1CCN(C(C)C(=O)Nc2ccc(F)c(N)c2)C1. The molecule has 1 saturated heterocycles. The van der Waals surface area contributed by atoms with E-state index >= 15 is 0 Å². The molecule has 5 heteroatoms. The van der Waals surface area contributed by atoms with Crippen molar-refractivity contribution in [1.29, 1.82) is 0 Å². The molecule has 116 valence electrons. The zero-order valence-electron chi connectivity index (χ0n) is 12.7. The van der Waals surface area contributed by atoms with Crippen molar-refractivity contribution in [3.05, 3.63) is 24.0 Å². The number of nitrogen functional groups attached to an aromatic ring is 1. The average Bonchev–Trinajstić information content (AvgIpc) is 2.91. The number of halogens is 1. The van der Waals surface area contributed by atoms with Gasteiger partial charge in [0.1, 0.15) is 5.82 Å². The first-order chi connectivity index (χ1) is 10.0. The lowest BCUT2D eigenvalue weighted by atomic mass is 10.0. The second-order valence-corrected chi connectivity index (χ2v) is 5.84. The van der Waals surface area contributed by atoms with E-state index < -0.39 is 5.82 Å². The minimum Gasteiger partial charge on any atom is -0.396 e. The molecule has 1 fully saturated rings. The van der Waals surface area contributed by atoms with Gasteiger partial charge in [-0.3, -0.25) is 9.69 Å². The summed E-state index contributed by atoms with van der Waals surface area (Å²) >= 11 is 0. The maximum atomic E-state index is 13.1. The summed E-state index contributed by atoms with van der Waals surface area (Å²) in [6, 6.07) is 4.06. The van der Waals surface area contributed by atoms with Crippen LogP contribution in [0.5, 0.6) is 0 Å². The van der Waals surface area contributed by atoms with Crippen LogP contribution in [-0.2, 0) is 4.79 Å². The highest BCUT2D eigenvalue weighted by Crippen LogP contribution is 2.23. The van der Waals surface area contributed by atoms with Gasteiger partial charge in [0.2, 0.25) is 5.91 Å². The third-order valence-electron chi connectivity index (χ3n) is 4.20. The first-order valence-electron chi connectivity index (χ1n) is 7.61. The molecule has 1 aliphatic heterocycles. The highest BCUT2D eigenvalue weighted by molar-refractivity contribution is 5.94. The topological polar surface area (TPSA) is 58.4 Å². The molecular weight excluding hydrogens is 269 g/mol. The maximum Gasteiger partial charge on any atom is 0.241 e. The van der Waals surface area contributed by atoms with E-state index in [2.05, 4.69) is 17.1 Å². The van der Waals surface area contributed by atoms with Gasteiger partial charge in [0.25, 0.3) is 0 Å². The Hall–Kier alpha value is -1.62. The van der Waals surface area contributed by atoms with Gasteiger partial charge in [-0.15, -0.1) is 0 Å². The molecule has 2 atom stereocenters. The van der Waals surface area contributed by atoms with Gasteiger partial charge in [0.15, 0.2) is 0 Å². The number of anilines is 2. The van der Waals surface area contributed by atoms with Crippen LogP contribution in [0.1, 0.15) is 33.1 Å². The number of rotatable bonds is 5. The Kier molecular flexibility index (Phi) is 5.17. The first kappa shape index (κ1) is 15.8. The highest BCUT2D eigenvalue weighted by Gasteiger charge is 2.29. The van der Waals surface area contributed by atoms with Crippen molar-refractivity contribution < 1.29 is 9.18 Å². The van der Waals surface area contributed by atoms with Crippen molar-refractivity contribution in [2.24, 2.45) is 5.92 Å². The van der Waals surface area contributed by atoms with Crippen LogP contribution in [0.3, 0.4) is 0 Å². The Balaban J connectivity index is 1.92. The molecule has 1 amide bonds. The fourth-order valence-corrected chi connectivity index (χ4v) is 2.89. The predicted molar refractivity (Wildman–Crippen MR) is 83.5 cm³/mol. The number of likely N-dealkylation sites (tertiary alicyclic amines) is 1. The van der Waals surface area contributed by atoms with E-state index in [1.165, 1.54) is 31.0 Å². The van der Waals surface area contributed by atoms with Crippen molar-refractivity contribution >= 4 is 17.3 Å². The van der Waals surface area contributed by atoms with Gasteiger partial charge in [-0.1, -0.05) is 13.3 Å². The molecule has 1 aliphatic rings. The molecule has 0 radical (unpaired) electrons. The summed E-state index contributed by atoms with van der Waals surface area (Å²) in [5, 5.41) is 2.81. The lowest BCUT2D eigenvalue weighted by Gasteiger charge is -2.23. The van der Waals surface area contributed by atoms with Crippen LogP contribution in [0.15, 0.2) is 18.2 Å². The number of amides is 1. The van der Waals surface area contributed by atoms with E-state index in [9.17, 15) is 9.18 Å². The summed E-state index contributed by atoms with van der Waals surface area (Å²) in [6.07, 6.45) is 3.57. The third kappa shape index (κ3) is 3.94. The number of nitrogens with one attached hydrogen (secondary N) is 1. The van der Waals surface area contributed by atoms with Crippen LogP contribution in [-0.4, -0.2) is 29.9 Å². The standard InChI is InChI=1S/C16H24FN3O/c1-3-4-12-7-8-20(10-12)11(2)16(21)19-13-5-6-14(17)15(18)9-13/h5-6,9,11-12H,3-4,7-8,10,18H2,1-2H3,(H,19,21). The van der Waals surface area contributed by atoms with Gasteiger partial charge < -0.3 is 11.1 Å². The van der Waals surface area contributed by atoms with Crippen molar-refractivity contribution in [3.8, 4) is 0 Å². The molecule has 0 spiro atoms. The van der Waals surface area contributed by atoms with Crippen molar-refractivity contribution in [1.82, 2.24) is 4.90 Å². The normalized spacial score (nSPS) is 20.4. The molecule has 1 aromatic rings. The number of hydrogen-bond acceptors (Lipinski definition) is 3. The predicted octanol–water partition coefficient (Wildman–Crippen LogP) is 2.86. The lowest BCUT2D eigenvalue weighted by molar-refractivity contribution is -0.120. The van der Waals surface area contributed by atoms with E-state index in [0.29, 0.717) is 11.6 Å². The number of carbonyl (C=O) groups is 1. The summed E-state index contributed by atoms with van der Waals surface area (Å²) < 4.78 is 13.1. The first-order valence-corrected chi connectivity index (χ1v) is 7.61. The van der Waals surface area contributed by atoms with E-state index in [-0.39, 0.29) is 17.6 Å². The van der Waals surface area contributed by atoms with E-state index in [1.807, 2.05) is 6.92 Å². The molecule has 0 saturated carbocycles. The van der Waals surface area contributed by atoms with E-state index in [4.69, 9.17) is 5.73 Å². The minimum absolute atomic E-state index is 0.0460. The van der Waals surface area contributed by atoms with Crippen molar-refractivity contribution in [3.63, 3.8) is 0 Å². The Morgan fingerprint density at radius 2 is 2.33 bits per heavy atom. The third-order valence-corrected chi connectivity index (χ3v) is 4.20. The molecule has 2 rings (SSSR count). The molecular formula is C16H24FN3O. The summed E-state index contributed by atoms with van der Waals surface area (Å²) in [7, 11) is 0. The lowest BCUT2D eigenvalue weighted by Crippen LogP contribution is -2.40. The van der Waals surface area contributed by atoms with Gasteiger partial charge in [-0.05, 0) is 50.4 Å². The quantitative estimate of drug-likeness (QED) is 0.821. The second kappa shape index (κ2) is 6.89. The summed E-state index contributed by atoms with van der Waals surface area (Å²) in [5.41, 5.74) is 6.09. The van der Waals surface area contributed by atoms with Crippen LogP contribution < -0.4 is 11.1 Å². The maximum absolute atomic E-state index is 13.1. The van der Waals surface area contributed by atoms with Gasteiger partial charge in [0.05, 0.1) is 11.7 Å². The fraction of sp³-hybridized carbons (Fsp3) is 0.562. The monoisotopic (exact) mass is 293 g/mol.